The third-order valence-electron chi connectivity index (χ3n) is 5.03. The largest absolute Gasteiger partial charge is 0.383 e. The normalized spacial score (nSPS) is 10.8. The number of aryl methyl sites for hydroxylation is 1. The minimum atomic E-state index is -0.747. The summed E-state index contributed by atoms with van der Waals surface area (Å²) in [5.74, 6) is -0.830. The Kier molecular flexibility index (Phi) is 7.56. The van der Waals surface area contributed by atoms with Gasteiger partial charge in [0.05, 0.1) is 13.2 Å². The molecule has 3 rings (SSSR count). The summed E-state index contributed by atoms with van der Waals surface area (Å²) in [6.07, 6.45) is 0.413. The molecule has 0 atom stereocenters. The SMILES string of the molecule is COCCN(C(=O)CCc1ccc(F)cc1)c1c(N)n(Cc2ccccc2)c(=O)[nH]c1=O. The number of benzene rings is 2. The number of H-pyrrole nitrogens is 1. The summed E-state index contributed by atoms with van der Waals surface area (Å²) in [4.78, 5) is 41.6. The Morgan fingerprint density at radius 2 is 1.78 bits per heavy atom. The van der Waals surface area contributed by atoms with Gasteiger partial charge in [-0.25, -0.2) is 9.18 Å². The van der Waals surface area contributed by atoms with Crippen molar-refractivity contribution in [3.63, 3.8) is 0 Å². The lowest BCUT2D eigenvalue weighted by atomic mass is 10.1. The number of ether oxygens (including phenoxy) is 1. The van der Waals surface area contributed by atoms with Crippen molar-refractivity contribution >= 4 is 17.4 Å². The van der Waals surface area contributed by atoms with E-state index in [4.69, 9.17) is 10.5 Å². The van der Waals surface area contributed by atoms with E-state index in [-0.39, 0.29) is 49.3 Å². The Bertz CT molecular complexity index is 1170. The maximum Gasteiger partial charge on any atom is 0.330 e. The molecule has 0 radical (unpaired) electrons. The number of rotatable bonds is 9. The predicted molar refractivity (Wildman–Crippen MR) is 120 cm³/mol. The van der Waals surface area contributed by atoms with Crippen molar-refractivity contribution in [1.82, 2.24) is 9.55 Å². The zero-order chi connectivity index (χ0) is 23.1. The Morgan fingerprint density at radius 3 is 2.44 bits per heavy atom. The Labute approximate surface area is 184 Å². The molecular weight excluding hydrogens is 415 g/mol. The number of nitrogens with one attached hydrogen (secondary N) is 1. The molecule has 9 heteroatoms. The van der Waals surface area contributed by atoms with Crippen molar-refractivity contribution in [1.29, 1.82) is 0 Å². The quantitative estimate of drug-likeness (QED) is 0.528. The molecule has 0 saturated carbocycles. The zero-order valence-electron chi connectivity index (χ0n) is 17.7. The first-order valence-corrected chi connectivity index (χ1v) is 10.1. The van der Waals surface area contributed by atoms with Crippen LogP contribution in [0.2, 0.25) is 0 Å². The average Bonchev–Trinajstić information content (AvgIpc) is 2.79. The number of methoxy groups -OCH3 is 1. The molecule has 1 heterocycles. The van der Waals surface area contributed by atoms with E-state index in [1.54, 1.807) is 12.1 Å². The van der Waals surface area contributed by atoms with Gasteiger partial charge in [0.25, 0.3) is 5.56 Å². The van der Waals surface area contributed by atoms with Crippen LogP contribution in [0.25, 0.3) is 0 Å². The molecule has 2 aromatic carbocycles. The van der Waals surface area contributed by atoms with E-state index in [0.29, 0.717) is 6.42 Å². The number of carbonyl (C=O) groups is 1. The summed E-state index contributed by atoms with van der Waals surface area (Å²) in [5.41, 5.74) is 6.32. The lowest BCUT2D eigenvalue weighted by Gasteiger charge is -2.24. The third-order valence-corrected chi connectivity index (χ3v) is 5.03. The number of nitrogens with zero attached hydrogens (tertiary/aromatic N) is 2. The van der Waals surface area contributed by atoms with E-state index in [2.05, 4.69) is 4.98 Å². The second kappa shape index (κ2) is 10.5. The molecular formula is C23H25FN4O4. The highest BCUT2D eigenvalue weighted by Crippen LogP contribution is 2.19. The van der Waals surface area contributed by atoms with Crippen molar-refractivity contribution in [2.24, 2.45) is 0 Å². The van der Waals surface area contributed by atoms with Crippen LogP contribution in [-0.4, -0.2) is 35.7 Å². The van der Waals surface area contributed by atoms with Gasteiger partial charge in [0.15, 0.2) is 5.69 Å². The third kappa shape index (κ3) is 5.50. The molecule has 1 amide bonds. The smallest absolute Gasteiger partial charge is 0.330 e. The van der Waals surface area contributed by atoms with E-state index >= 15 is 0 Å². The molecule has 0 aliphatic heterocycles. The van der Waals surface area contributed by atoms with Crippen LogP contribution in [0.15, 0.2) is 64.2 Å². The van der Waals surface area contributed by atoms with Crippen molar-refractivity contribution in [3.05, 3.63) is 92.4 Å². The first kappa shape index (κ1) is 23.0. The molecule has 0 unspecified atom stereocenters. The first-order valence-electron chi connectivity index (χ1n) is 10.1. The number of halogens is 1. The highest BCUT2D eigenvalue weighted by molar-refractivity contribution is 5.95. The Balaban J connectivity index is 1.92. The monoisotopic (exact) mass is 440 g/mol. The van der Waals surface area contributed by atoms with Crippen molar-refractivity contribution in [2.75, 3.05) is 30.9 Å². The highest BCUT2D eigenvalue weighted by Gasteiger charge is 2.24. The number of amides is 1. The van der Waals surface area contributed by atoms with Gasteiger partial charge in [0.2, 0.25) is 5.91 Å². The summed E-state index contributed by atoms with van der Waals surface area (Å²) in [6, 6.07) is 15.0. The van der Waals surface area contributed by atoms with Gasteiger partial charge in [-0.05, 0) is 29.7 Å². The molecule has 0 bridgehead atoms. The van der Waals surface area contributed by atoms with E-state index in [0.717, 1.165) is 11.1 Å². The topological polar surface area (TPSA) is 110 Å². The zero-order valence-corrected chi connectivity index (χ0v) is 17.7. The summed E-state index contributed by atoms with van der Waals surface area (Å²) < 4.78 is 19.4. The molecule has 1 aromatic heterocycles. The fraction of sp³-hybridized carbons (Fsp3) is 0.261. The van der Waals surface area contributed by atoms with Crippen LogP contribution in [0.5, 0.6) is 0 Å². The Morgan fingerprint density at radius 1 is 1.09 bits per heavy atom. The number of nitrogens with two attached hydrogens (primary N) is 1. The van der Waals surface area contributed by atoms with E-state index in [1.165, 1.54) is 28.7 Å². The van der Waals surface area contributed by atoms with Crippen LogP contribution >= 0.6 is 0 Å². The van der Waals surface area contributed by atoms with Crippen molar-refractivity contribution in [2.45, 2.75) is 19.4 Å². The average molecular weight is 440 g/mol. The van der Waals surface area contributed by atoms with E-state index < -0.39 is 11.2 Å². The highest BCUT2D eigenvalue weighted by atomic mass is 19.1. The fourth-order valence-corrected chi connectivity index (χ4v) is 3.34. The van der Waals surface area contributed by atoms with Crippen LogP contribution in [0.3, 0.4) is 0 Å². The molecule has 0 saturated heterocycles. The van der Waals surface area contributed by atoms with Gasteiger partial charge >= 0.3 is 5.69 Å². The molecule has 0 fully saturated rings. The minimum absolute atomic E-state index is 0.0615. The van der Waals surface area contributed by atoms with Gasteiger partial charge in [0, 0.05) is 20.1 Å². The molecule has 0 aliphatic rings. The number of hydrogen-bond acceptors (Lipinski definition) is 5. The van der Waals surface area contributed by atoms with E-state index in [1.807, 2.05) is 30.3 Å². The van der Waals surface area contributed by atoms with Gasteiger partial charge in [-0.15, -0.1) is 0 Å². The summed E-state index contributed by atoms with van der Waals surface area (Å²) in [5, 5.41) is 0. The number of nitrogen functional groups attached to an aromatic ring is 1. The van der Waals surface area contributed by atoms with Gasteiger partial charge in [-0.2, -0.15) is 0 Å². The van der Waals surface area contributed by atoms with Crippen molar-refractivity contribution in [3.8, 4) is 0 Å². The molecule has 168 valence electrons. The Hall–Kier alpha value is -3.72. The lowest BCUT2D eigenvalue weighted by molar-refractivity contribution is -0.118. The maximum absolute atomic E-state index is 13.1. The number of hydrogen-bond donors (Lipinski definition) is 2. The first-order chi connectivity index (χ1) is 15.4. The number of aromatic nitrogens is 2. The van der Waals surface area contributed by atoms with Gasteiger partial charge in [-0.3, -0.25) is 19.1 Å². The second-order valence-electron chi connectivity index (χ2n) is 7.23. The lowest BCUT2D eigenvalue weighted by Crippen LogP contribution is -2.42. The summed E-state index contributed by atoms with van der Waals surface area (Å²) in [7, 11) is 1.48. The minimum Gasteiger partial charge on any atom is -0.383 e. The van der Waals surface area contributed by atoms with E-state index in [9.17, 15) is 18.8 Å². The van der Waals surface area contributed by atoms with Crippen LogP contribution in [0, 0.1) is 5.82 Å². The summed E-state index contributed by atoms with van der Waals surface area (Å²) >= 11 is 0. The van der Waals surface area contributed by atoms with Gasteiger partial charge < -0.3 is 15.4 Å². The molecule has 3 aromatic rings. The van der Waals surface area contributed by atoms with Crippen LogP contribution in [0.4, 0.5) is 15.9 Å². The molecule has 32 heavy (non-hydrogen) atoms. The standard InChI is InChI=1S/C23H25FN4O4/c1-32-14-13-27(19(29)12-9-16-7-10-18(24)11-8-16)20-21(25)28(23(31)26-22(20)30)15-17-5-3-2-4-6-17/h2-8,10-11H,9,12-15,25H2,1H3,(H,26,30,31). The van der Waals surface area contributed by atoms with Crippen LogP contribution in [-0.2, 0) is 22.5 Å². The fourth-order valence-electron chi connectivity index (χ4n) is 3.34. The summed E-state index contributed by atoms with van der Waals surface area (Å²) in [6.45, 7) is 0.381. The van der Waals surface area contributed by atoms with Crippen LogP contribution < -0.4 is 21.9 Å². The predicted octanol–water partition coefficient (Wildman–Crippen LogP) is 1.92. The van der Waals surface area contributed by atoms with Gasteiger partial charge in [-0.1, -0.05) is 42.5 Å². The van der Waals surface area contributed by atoms with Crippen molar-refractivity contribution < 1.29 is 13.9 Å². The second-order valence-corrected chi connectivity index (χ2v) is 7.23. The maximum atomic E-state index is 13.1. The van der Waals surface area contributed by atoms with Crippen LogP contribution in [0.1, 0.15) is 17.5 Å². The number of aromatic amines is 1. The molecule has 0 aliphatic carbocycles. The van der Waals surface area contributed by atoms with Gasteiger partial charge in [0.1, 0.15) is 11.6 Å². The molecule has 8 nitrogen and oxygen atoms in total. The molecule has 3 N–H and O–H groups in total. The molecule has 0 spiro atoms. The number of carbonyl (C=O) groups excluding carboxylic acids is 1. The number of anilines is 2.